The van der Waals surface area contributed by atoms with Gasteiger partial charge in [-0.2, -0.15) is 0 Å². The Morgan fingerprint density at radius 2 is 2.28 bits per heavy atom. The summed E-state index contributed by atoms with van der Waals surface area (Å²) in [6.07, 6.45) is 0. The molecule has 1 unspecified atom stereocenters. The molecule has 0 radical (unpaired) electrons. The van der Waals surface area contributed by atoms with Gasteiger partial charge in [0.05, 0.1) is 17.7 Å². The number of hydrogen-bond acceptors (Lipinski definition) is 4. The summed E-state index contributed by atoms with van der Waals surface area (Å²) in [6, 6.07) is 4.69. The summed E-state index contributed by atoms with van der Waals surface area (Å²) >= 11 is 1.55. The zero-order chi connectivity index (χ0) is 13.1. The Morgan fingerprint density at radius 3 is 2.89 bits per heavy atom. The molecule has 0 amide bonds. The zero-order valence-electron chi connectivity index (χ0n) is 10.4. The molecule has 1 aromatic heterocycles. The van der Waals surface area contributed by atoms with Crippen LogP contribution in [0.2, 0.25) is 0 Å². The average molecular weight is 265 g/mol. The number of anilines is 1. The van der Waals surface area contributed by atoms with E-state index in [1.807, 2.05) is 23.4 Å². The van der Waals surface area contributed by atoms with Crippen LogP contribution in [0.25, 0.3) is 0 Å². The summed E-state index contributed by atoms with van der Waals surface area (Å²) < 4.78 is 13.8. The van der Waals surface area contributed by atoms with Gasteiger partial charge in [0.25, 0.3) is 0 Å². The summed E-state index contributed by atoms with van der Waals surface area (Å²) in [7, 11) is 1.92. The number of nitrogens with two attached hydrogens (primary N) is 1. The van der Waals surface area contributed by atoms with Crippen molar-refractivity contribution in [2.24, 2.45) is 5.73 Å². The van der Waals surface area contributed by atoms with Crippen molar-refractivity contribution in [1.29, 1.82) is 0 Å². The van der Waals surface area contributed by atoms with Gasteiger partial charge in [-0.3, -0.25) is 0 Å². The molecule has 0 saturated carbocycles. The van der Waals surface area contributed by atoms with Crippen LogP contribution in [0, 0.1) is 5.82 Å². The van der Waals surface area contributed by atoms with Gasteiger partial charge in [0.1, 0.15) is 5.82 Å². The topological polar surface area (TPSA) is 42.1 Å². The van der Waals surface area contributed by atoms with Crippen LogP contribution in [0.1, 0.15) is 24.2 Å². The molecule has 0 aliphatic rings. The first-order valence-corrected chi connectivity index (χ1v) is 6.66. The third-order valence-electron chi connectivity index (χ3n) is 2.78. The Kier molecular flexibility index (Phi) is 3.93. The monoisotopic (exact) mass is 265 g/mol. The molecule has 0 aliphatic heterocycles. The molecule has 2 N–H and O–H groups in total. The number of halogens is 1. The molecule has 96 valence electrons. The second kappa shape index (κ2) is 5.46. The highest BCUT2D eigenvalue weighted by atomic mass is 32.1. The first-order chi connectivity index (χ1) is 8.59. The number of rotatable bonds is 4. The quantitative estimate of drug-likeness (QED) is 0.924. The molecule has 0 bridgehead atoms. The fraction of sp³-hybridized carbons (Fsp3) is 0.308. The van der Waals surface area contributed by atoms with E-state index in [9.17, 15) is 4.39 Å². The van der Waals surface area contributed by atoms with E-state index >= 15 is 0 Å². The lowest BCUT2D eigenvalue weighted by molar-refractivity contribution is 0.592. The Labute approximate surface area is 110 Å². The third-order valence-corrected chi connectivity index (χ3v) is 3.41. The highest BCUT2D eigenvalue weighted by Gasteiger charge is 2.15. The maximum Gasteiger partial charge on any atom is 0.130 e. The first kappa shape index (κ1) is 13.0. The van der Waals surface area contributed by atoms with Gasteiger partial charge in [-0.1, -0.05) is 6.07 Å². The molecular weight excluding hydrogens is 249 g/mol. The van der Waals surface area contributed by atoms with Crippen molar-refractivity contribution in [1.82, 2.24) is 4.98 Å². The number of benzene rings is 1. The van der Waals surface area contributed by atoms with Crippen LogP contribution in [-0.4, -0.2) is 12.0 Å². The van der Waals surface area contributed by atoms with Gasteiger partial charge in [0.2, 0.25) is 0 Å². The molecule has 18 heavy (non-hydrogen) atoms. The van der Waals surface area contributed by atoms with Gasteiger partial charge >= 0.3 is 0 Å². The fourth-order valence-corrected chi connectivity index (χ4v) is 2.50. The van der Waals surface area contributed by atoms with Gasteiger partial charge < -0.3 is 10.6 Å². The Balaban J connectivity index is 2.29. The molecule has 2 aromatic rings. The van der Waals surface area contributed by atoms with Gasteiger partial charge in [-0.05, 0) is 19.1 Å². The van der Waals surface area contributed by atoms with Crippen LogP contribution in [0.15, 0.2) is 29.1 Å². The van der Waals surface area contributed by atoms with Crippen molar-refractivity contribution < 1.29 is 4.39 Å². The second-order valence-corrected chi connectivity index (χ2v) is 5.02. The van der Waals surface area contributed by atoms with Gasteiger partial charge in [-0.25, -0.2) is 9.37 Å². The highest BCUT2D eigenvalue weighted by molar-refractivity contribution is 7.07. The van der Waals surface area contributed by atoms with E-state index in [-0.39, 0.29) is 11.9 Å². The van der Waals surface area contributed by atoms with E-state index < -0.39 is 0 Å². The average Bonchev–Trinajstić information content (AvgIpc) is 2.80. The molecule has 0 aliphatic carbocycles. The largest absolute Gasteiger partial charge is 0.368 e. The first-order valence-electron chi connectivity index (χ1n) is 5.71. The van der Waals surface area contributed by atoms with Crippen LogP contribution in [0.5, 0.6) is 0 Å². The van der Waals surface area contributed by atoms with Crippen LogP contribution >= 0.6 is 11.3 Å². The Bertz CT molecular complexity index is 511. The summed E-state index contributed by atoms with van der Waals surface area (Å²) in [6.45, 7) is 2.44. The lowest BCUT2D eigenvalue weighted by Crippen LogP contribution is -2.21. The minimum absolute atomic E-state index is 0.257. The molecule has 1 atom stereocenters. The van der Waals surface area contributed by atoms with Gasteiger partial charge in [-0.15, -0.1) is 11.3 Å². The normalized spacial score (nSPS) is 12.4. The highest BCUT2D eigenvalue weighted by Crippen LogP contribution is 2.28. The fourth-order valence-electron chi connectivity index (χ4n) is 1.95. The van der Waals surface area contributed by atoms with E-state index in [4.69, 9.17) is 5.73 Å². The number of thiazole rings is 1. The maximum atomic E-state index is 13.8. The lowest BCUT2D eigenvalue weighted by atomic mass is 10.1. The van der Waals surface area contributed by atoms with Crippen LogP contribution in [0.3, 0.4) is 0 Å². The summed E-state index contributed by atoms with van der Waals surface area (Å²) in [5.41, 5.74) is 9.98. The van der Waals surface area contributed by atoms with E-state index in [0.29, 0.717) is 12.1 Å². The molecule has 2 rings (SSSR count). The molecule has 0 spiro atoms. The number of aromatic nitrogens is 1. The van der Waals surface area contributed by atoms with E-state index in [0.717, 1.165) is 11.4 Å². The Morgan fingerprint density at radius 1 is 1.50 bits per heavy atom. The van der Waals surface area contributed by atoms with E-state index in [2.05, 4.69) is 4.98 Å². The molecular formula is C13H16FN3S. The summed E-state index contributed by atoms with van der Waals surface area (Å²) in [4.78, 5) is 6.20. The van der Waals surface area contributed by atoms with Crippen molar-refractivity contribution in [2.75, 3.05) is 11.9 Å². The predicted octanol–water partition coefficient (Wildman–Crippen LogP) is 2.94. The zero-order valence-corrected chi connectivity index (χ0v) is 11.2. The van der Waals surface area contributed by atoms with Gasteiger partial charge in [0.15, 0.2) is 0 Å². The van der Waals surface area contributed by atoms with Crippen molar-refractivity contribution in [2.45, 2.75) is 19.5 Å². The van der Waals surface area contributed by atoms with Crippen LogP contribution in [-0.2, 0) is 6.54 Å². The second-order valence-electron chi connectivity index (χ2n) is 4.30. The molecule has 1 aromatic carbocycles. The molecule has 5 heteroatoms. The molecule has 0 saturated heterocycles. The lowest BCUT2D eigenvalue weighted by Gasteiger charge is -2.23. The predicted molar refractivity (Wildman–Crippen MR) is 73.2 cm³/mol. The van der Waals surface area contributed by atoms with Crippen LogP contribution in [0.4, 0.5) is 10.1 Å². The maximum absolute atomic E-state index is 13.8. The van der Waals surface area contributed by atoms with Crippen molar-refractivity contribution in [3.63, 3.8) is 0 Å². The van der Waals surface area contributed by atoms with Crippen LogP contribution < -0.4 is 10.6 Å². The van der Waals surface area contributed by atoms with E-state index in [1.165, 1.54) is 6.07 Å². The van der Waals surface area contributed by atoms with E-state index in [1.54, 1.807) is 29.8 Å². The Hall–Kier alpha value is -1.46. The van der Waals surface area contributed by atoms with Gasteiger partial charge in [0, 0.05) is 29.7 Å². The molecule has 1 heterocycles. The van der Waals surface area contributed by atoms with Crippen molar-refractivity contribution in [3.8, 4) is 0 Å². The number of hydrogen-bond donors (Lipinski definition) is 1. The summed E-state index contributed by atoms with van der Waals surface area (Å²) in [5.74, 6) is -0.257. The third kappa shape index (κ3) is 2.68. The minimum atomic E-state index is -0.334. The number of nitrogens with zero attached hydrogens (tertiary/aromatic N) is 2. The van der Waals surface area contributed by atoms with Crippen molar-refractivity contribution >= 4 is 17.0 Å². The summed E-state index contributed by atoms with van der Waals surface area (Å²) in [5, 5.41) is 1.99. The smallest absolute Gasteiger partial charge is 0.130 e. The van der Waals surface area contributed by atoms with Crippen molar-refractivity contribution in [3.05, 3.63) is 46.2 Å². The molecule has 0 fully saturated rings. The molecule has 3 nitrogen and oxygen atoms in total. The SMILES string of the molecule is CC(N)c1c(F)cccc1N(C)Cc1cscn1. The minimum Gasteiger partial charge on any atom is -0.368 e. The standard InChI is InChI=1S/C13H16FN3S/c1-9(15)13-11(14)4-3-5-12(13)17(2)6-10-7-18-8-16-10/h3-5,7-9H,6,15H2,1-2H3.